The highest BCUT2D eigenvalue weighted by Crippen LogP contribution is 2.19. The second-order valence-electron chi connectivity index (χ2n) is 3.69. The molecule has 0 saturated heterocycles. The van der Waals surface area contributed by atoms with E-state index < -0.39 is 0 Å². The first-order valence-electron chi connectivity index (χ1n) is 6.19. The normalized spacial score (nSPS) is 13.2. The van der Waals surface area contributed by atoms with Gasteiger partial charge in [0.25, 0.3) is 0 Å². The molecule has 98 valence electrons. The number of nitrogens with one attached hydrogen (secondary N) is 1. The molecule has 0 aromatic carbocycles. The highest BCUT2D eigenvalue weighted by atomic mass is 16.7. The molecule has 0 radical (unpaired) electrons. The summed E-state index contributed by atoms with van der Waals surface area (Å²) in [5, 5.41) is 7.57. The highest BCUT2D eigenvalue weighted by Gasteiger charge is 2.25. The lowest BCUT2D eigenvalue weighted by Crippen LogP contribution is -2.37. The summed E-state index contributed by atoms with van der Waals surface area (Å²) in [7, 11) is 1.93. The minimum atomic E-state index is -0.277. The summed E-state index contributed by atoms with van der Waals surface area (Å²) in [6, 6.07) is 1.99. The minimum absolute atomic E-state index is 0.00685. The Balaban J connectivity index is 2.85. The summed E-state index contributed by atoms with van der Waals surface area (Å²) in [5.41, 5.74) is 1.07. The number of aryl methyl sites for hydroxylation is 1. The van der Waals surface area contributed by atoms with Crippen LogP contribution >= 0.6 is 0 Å². The first-order valence-corrected chi connectivity index (χ1v) is 6.19. The van der Waals surface area contributed by atoms with Gasteiger partial charge in [0.2, 0.25) is 0 Å². The molecule has 1 atom stereocenters. The van der Waals surface area contributed by atoms with E-state index in [0.717, 1.165) is 12.2 Å². The maximum atomic E-state index is 5.65. The van der Waals surface area contributed by atoms with Crippen molar-refractivity contribution in [2.45, 2.75) is 33.1 Å². The van der Waals surface area contributed by atoms with Crippen molar-refractivity contribution >= 4 is 0 Å². The zero-order valence-electron chi connectivity index (χ0n) is 11.1. The number of nitrogens with zero attached hydrogens (tertiary/aromatic N) is 2. The molecule has 0 saturated carbocycles. The van der Waals surface area contributed by atoms with Crippen LogP contribution < -0.4 is 5.32 Å². The van der Waals surface area contributed by atoms with E-state index in [9.17, 15) is 0 Å². The molecular formula is C12H23N3O2. The van der Waals surface area contributed by atoms with Crippen LogP contribution in [0.4, 0.5) is 0 Å². The van der Waals surface area contributed by atoms with Gasteiger partial charge >= 0.3 is 0 Å². The third-order valence-electron chi connectivity index (χ3n) is 2.54. The average Bonchev–Trinajstić information content (AvgIpc) is 2.72. The quantitative estimate of drug-likeness (QED) is 0.700. The van der Waals surface area contributed by atoms with Gasteiger partial charge in [-0.15, -0.1) is 0 Å². The van der Waals surface area contributed by atoms with E-state index in [0.29, 0.717) is 13.2 Å². The third kappa shape index (κ3) is 3.80. The maximum absolute atomic E-state index is 5.65. The van der Waals surface area contributed by atoms with E-state index >= 15 is 0 Å². The number of aromatic nitrogens is 2. The van der Waals surface area contributed by atoms with Gasteiger partial charge in [0.1, 0.15) is 6.04 Å². The molecule has 5 heteroatoms. The van der Waals surface area contributed by atoms with E-state index in [2.05, 4.69) is 17.3 Å². The zero-order chi connectivity index (χ0) is 12.7. The molecule has 1 heterocycles. The van der Waals surface area contributed by atoms with Crippen LogP contribution in [0.15, 0.2) is 12.3 Å². The second kappa shape index (κ2) is 7.42. The molecule has 1 rings (SSSR count). The molecule has 0 aliphatic rings. The van der Waals surface area contributed by atoms with Crippen molar-refractivity contribution in [3.05, 3.63) is 18.0 Å². The van der Waals surface area contributed by atoms with E-state index in [4.69, 9.17) is 9.47 Å². The number of likely N-dealkylation sites (N-methyl/N-ethyl adjacent to an activating group) is 1. The molecule has 1 aromatic rings. The predicted molar refractivity (Wildman–Crippen MR) is 66.7 cm³/mol. The first kappa shape index (κ1) is 14.2. The van der Waals surface area contributed by atoms with Crippen LogP contribution in [0.1, 0.15) is 32.5 Å². The standard InChI is InChI=1S/C12H23N3O2/c1-5-13-11(10-8-9-14-15(10)4)12(16-6-2)17-7-3/h8-9,11-13H,5-7H2,1-4H3. The van der Waals surface area contributed by atoms with Crippen molar-refractivity contribution in [3.63, 3.8) is 0 Å². The summed E-state index contributed by atoms with van der Waals surface area (Å²) in [5.74, 6) is 0. The van der Waals surface area contributed by atoms with Gasteiger partial charge in [-0.05, 0) is 26.5 Å². The minimum Gasteiger partial charge on any atom is -0.351 e. The highest BCUT2D eigenvalue weighted by molar-refractivity contribution is 5.07. The number of hydrogen-bond acceptors (Lipinski definition) is 4. The van der Waals surface area contributed by atoms with Gasteiger partial charge in [-0.25, -0.2) is 0 Å². The SMILES string of the molecule is CCNC(c1ccnn1C)C(OCC)OCC. The van der Waals surface area contributed by atoms with E-state index in [1.54, 1.807) is 6.20 Å². The molecule has 17 heavy (non-hydrogen) atoms. The van der Waals surface area contributed by atoms with Crippen LogP contribution in [0.2, 0.25) is 0 Å². The van der Waals surface area contributed by atoms with E-state index in [1.807, 2.05) is 31.6 Å². The van der Waals surface area contributed by atoms with Crippen LogP contribution in [0, 0.1) is 0 Å². The summed E-state index contributed by atoms with van der Waals surface area (Å²) in [6.45, 7) is 8.12. The molecule has 0 amide bonds. The summed E-state index contributed by atoms with van der Waals surface area (Å²) < 4.78 is 13.1. The average molecular weight is 241 g/mol. The van der Waals surface area contributed by atoms with E-state index in [-0.39, 0.29) is 12.3 Å². The van der Waals surface area contributed by atoms with Gasteiger partial charge < -0.3 is 14.8 Å². The Morgan fingerprint density at radius 1 is 1.29 bits per heavy atom. The van der Waals surface area contributed by atoms with Crippen molar-refractivity contribution in [2.24, 2.45) is 7.05 Å². The van der Waals surface area contributed by atoms with Crippen LogP contribution in [-0.4, -0.2) is 35.8 Å². The topological polar surface area (TPSA) is 48.3 Å². The summed E-state index contributed by atoms with van der Waals surface area (Å²) in [4.78, 5) is 0. The van der Waals surface area contributed by atoms with Gasteiger partial charge in [0.05, 0.1) is 5.69 Å². The van der Waals surface area contributed by atoms with Crippen molar-refractivity contribution < 1.29 is 9.47 Å². The largest absolute Gasteiger partial charge is 0.351 e. The van der Waals surface area contributed by atoms with E-state index in [1.165, 1.54) is 0 Å². The number of rotatable bonds is 8. The second-order valence-corrected chi connectivity index (χ2v) is 3.69. The number of hydrogen-bond donors (Lipinski definition) is 1. The first-order chi connectivity index (χ1) is 8.24. The Bertz CT molecular complexity index is 308. The fourth-order valence-electron chi connectivity index (χ4n) is 1.82. The van der Waals surface area contributed by atoms with Gasteiger partial charge in [0.15, 0.2) is 6.29 Å². The lowest BCUT2D eigenvalue weighted by Gasteiger charge is -2.27. The van der Waals surface area contributed by atoms with Crippen LogP contribution in [-0.2, 0) is 16.5 Å². The lowest BCUT2D eigenvalue weighted by atomic mass is 10.2. The molecule has 0 aliphatic carbocycles. The summed E-state index contributed by atoms with van der Waals surface area (Å²) in [6.07, 6.45) is 1.51. The molecule has 1 unspecified atom stereocenters. The Labute approximate surface area is 103 Å². The Morgan fingerprint density at radius 2 is 1.94 bits per heavy atom. The molecule has 1 N–H and O–H groups in total. The fourth-order valence-corrected chi connectivity index (χ4v) is 1.82. The zero-order valence-corrected chi connectivity index (χ0v) is 11.1. The Kier molecular flexibility index (Phi) is 6.18. The molecule has 0 fully saturated rings. The molecule has 0 aliphatic heterocycles. The molecular weight excluding hydrogens is 218 g/mol. The van der Waals surface area contributed by atoms with Crippen LogP contribution in [0.3, 0.4) is 0 Å². The smallest absolute Gasteiger partial charge is 0.178 e. The lowest BCUT2D eigenvalue weighted by molar-refractivity contribution is -0.156. The van der Waals surface area contributed by atoms with Gasteiger partial charge in [-0.2, -0.15) is 5.10 Å². The Morgan fingerprint density at radius 3 is 2.35 bits per heavy atom. The van der Waals surface area contributed by atoms with Gasteiger partial charge in [0, 0.05) is 26.5 Å². The number of ether oxygens (including phenoxy) is 2. The maximum Gasteiger partial charge on any atom is 0.178 e. The monoisotopic (exact) mass is 241 g/mol. The fraction of sp³-hybridized carbons (Fsp3) is 0.750. The van der Waals surface area contributed by atoms with Crippen LogP contribution in [0.5, 0.6) is 0 Å². The Hall–Kier alpha value is -0.910. The summed E-state index contributed by atoms with van der Waals surface area (Å²) >= 11 is 0. The van der Waals surface area contributed by atoms with Crippen molar-refractivity contribution in [3.8, 4) is 0 Å². The molecule has 0 bridgehead atoms. The van der Waals surface area contributed by atoms with Crippen molar-refractivity contribution in [1.82, 2.24) is 15.1 Å². The van der Waals surface area contributed by atoms with Gasteiger partial charge in [-0.3, -0.25) is 4.68 Å². The van der Waals surface area contributed by atoms with Crippen molar-refractivity contribution in [2.75, 3.05) is 19.8 Å². The van der Waals surface area contributed by atoms with Crippen molar-refractivity contribution in [1.29, 1.82) is 0 Å². The third-order valence-corrected chi connectivity index (χ3v) is 2.54. The molecule has 0 spiro atoms. The molecule has 5 nitrogen and oxygen atoms in total. The van der Waals surface area contributed by atoms with Crippen LogP contribution in [0.25, 0.3) is 0 Å². The molecule has 1 aromatic heterocycles. The predicted octanol–water partition coefficient (Wildman–Crippen LogP) is 1.47. The van der Waals surface area contributed by atoms with Gasteiger partial charge in [-0.1, -0.05) is 6.92 Å².